The van der Waals surface area contributed by atoms with Gasteiger partial charge in [0.1, 0.15) is 5.75 Å². The van der Waals surface area contributed by atoms with Crippen molar-refractivity contribution in [2.45, 2.75) is 32.4 Å². The average Bonchev–Trinajstić information content (AvgIpc) is 2.76. The normalized spacial score (nSPS) is 20.4. The van der Waals surface area contributed by atoms with Gasteiger partial charge in [-0.15, -0.1) is 0 Å². The number of likely N-dealkylation sites (tertiary alicyclic amines) is 1. The number of nitrogens with zero attached hydrogens (tertiary/aromatic N) is 1. The quantitative estimate of drug-likeness (QED) is 0.922. The zero-order chi connectivity index (χ0) is 13.1. The fourth-order valence-electron chi connectivity index (χ4n) is 2.37. The third-order valence-corrected chi connectivity index (χ3v) is 3.89. The number of hydrogen-bond donors (Lipinski definition) is 1. The van der Waals surface area contributed by atoms with E-state index < -0.39 is 0 Å². The van der Waals surface area contributed by atoms with Crippen molar-refractivity contribution in [1.82, 2.24) is 4.90 Å². The molecule has 0 spiro atoms. The fourth-order valence-corrected chi connectivity index (χ4v) is 2.85. The molecule has 0 bridgehead atoms. The van der Waals surface area contributed by atoms with Gasteiger partial charge in [-0.05, 0) is 32.4 Å². The maximum Gasteiger partial charge on any atom is 0.122 e. The molecule has 0 aromatic heterocycles. The predicted octanol–water partition coefficient (Wildman–Crippen LogP) is 3.35. The van der Waals surface area contributed by atoms with Crippen LogP contribution in [0.4, 0.5) is 5.69 Å². The van der Waals surface area contributed by atoms with Gasteiger partial charge in [-0.2, -0.15) is 0 Å². The van der Waals surface area contributed by atoms with E-state index in [1.54, 1.807) is 7.11 Å². The average molecular weight is 313 g/mol. The summed E-state index contributed by atoms with van der Waals surface area (Å²) in [4.78, 5) is 2.51. The third-order valence-electron chi connectivity index (χ3n) is 3.43. The van der Waals surface area contributed by atoms with E-state index in [-0.39, 0.29) is 0 Å². The lowest BCUT2D eigenvalue weighted by molar-refractivity contribution is 0.274. The summed E-state index contributed by atoms with van der Waals surface area (Å²) < 4.78 is 6.32. The van der Waals surface area contributed by atoms with E-state index in [0.717, 1.165) is 22.5 Å². The standard InChI is InChI=1S/C14H21BrN2O/c1-10(2)17-5-4-12(9-17)16-13-6-11(15)7-14(8-13)18-3/h6-8,10,12,16H,4-5,9H2,1-3H3. The summed E-state index contributed by atoms with van der Waals surface area (Å²) in [6.07, 6.45) is 1.20. The molecule has 1 atom stereocenters. The van der Waals surface area contributed by atoms with Gasteiger partial charge in [0.05, 0.1) is 7.11 Å². The van der Waals surface area contributed by atoms with Gasteiger partial charge in [0.25, 0.3) is 0 Å². The summed E-state index contributed by atoms with van der Waals surface area (Å²) in [5, 5.41) is 3.59. The Morgan fingerprint density at radius 1 is 1.39 bits per heavy atom. The van der Waals surface area contributed by atoms with Crippen LogP contribution in [0.15, 0.2) is 22.7 Å². The van der Waals surface area contributed by atoms with Crippen LogP contribution in [0, 0.1) is 0 Å². The largest absolute Gasteiger partial charge is 0.497 e. The predicted molar refractivity (Wildman–Crippen MR) is 79.4 cm³/mol. The zero-order valence-electron chi connectivity index (χ0n) is 11.2. The number of halogens is 1. The minimum atomic E-state index is 0.534. The number of methoxy groups -OCH3 is 1. The molecule has 18 heavy (non-hydrogen) atoms. The van der Waals surface area contributed by atoms with Crippen LogP contribution >= 0.6 is 15.9 Å². The molecule has 1 unspecified atom stereocenters. The first kappa shape index (κ1) is 13.7. The van der Waals surface area contributed by atoms with Crippen molar-refractivity contribution in [1.29, 1.82) is 0 Å². The Bertz CT molecular complexity index is 409. The summed E-state index contributed by atoms with van der Waals surface area (Å²) >= 11 is 3.51. The van der Waals surface area contributed by atoms with Crippen LogP contribution in [0.3, 0.4) is 0 Å². The van der Waals surface area contributed by atoms with E-state index >= 15 is 0 Å². The van der Waals surface area contributed by atoms with Crippen LogP contribution in [0.5, 0.6) is 5.75 Å². The van der Waals surface area contributed by atoms with Gasteiger partial charge in [0, 0.05) is 41.4 Å². The Labute approximate surface area is 118 Å². The first-order valence-electron chi connectivity index (χ1n) is 6.43. The second-order valence-electron chi connectivity index (χ2n) is 5.10. The van der Waals surface area contributed by atoms with Crippen LogP contribution in [-0.2, 0) is 0 Å². The Balaban J connectivity index is 2.00. The van der Waals surface area contributed by atoms with Crippen molar-refractivity contribution >= 4 is 21.6 Å². The van der Waals surface area contributed by atoms with Crippen molar-refractivity contribution in [2.75, 3.05) is 25.5 Å². The van der Waals surface area contributed by atoms with Crippen LogP contribution in [0.1, 0.15) is 20.3 Å². The molecule has 0 saturated carbocycles. The molecule has 100 valence electrons. The highest BCUT2D eigenvalue weighted by Gasteiger charge is 2.23. The molecule has 1 saturated heterocycles. The lowest BCUT2D eigenvalue weighted by atomic mass is 10.2. The maximum absolute atomic E-state index is 5.28. The summed E-state index contributed by atoms with van der Waals surface area (Å²) in [7, 11) is 1.70. The number of benzene rings is 1. The molecule has 1 aromatic carbocycles. The highest BCUT2D eigenvalue weighted by molar-refractivity contribution is 9.10. The summed E-state index contributed by atoms with van der Waals surface area (Å²) in [5.74, 6) is 0.880. The summed E-state index contributed by atoms with van der Waals surface area (Å²) in [6.45, 7) is 6.81. The van der Waals surface area contributed by atoms with E-state index in [4.69, 9.17) is 4.74 Å². The molecular weight excluding hydrogens is 292 g/mol. The molecule has 1 heterocycles. The minimum Gasteiger partial charge on any atom is -0.497 e. The van der Waals surface area contributed by atoms with Crippen molar-refractivity contribution in [3.8, 4) is 5.75 Å². The lowest BCUT2D eigenvalue weighted by Crippen LogP contribution is -2.31. The van der Waals surface area contributed by atoms with E-state index in [1.165, 1.54) is 13.0 Å². The highest BCUT2D eigenvalue weighted by atomic mass is 79.9. The SMILES string of the molecule is COc1cc(Br)cc(NC2CCN(C(C)C)C2)c1. The van der Waals surface area contributed by atoms with Gasteiger partial charge in [0.15, 0.2) is 0 Å². The van der Waals surface area contributed by atoms with Gasteiger partial charge < -0.3 is 10.1 Å². The molecule has 1 aromatic rings. The van der Waals surface area contributed by atoms with E-state index in [2.05, 4.69) is 46.1 Å². The molecule has 1 aliphatic heterocycles. The molecule has 1 fully saturated rings. The monoisotopic (exact) mass is 312 g/mol. The summed E-state index contributed by atoms with van der Waals surface area (Å²) in [5.41, 5.74) is 1.12. The molecule has 0 aliphatic carbocycles. The fraction of sp³-hybridized carbons (Fsp3) is 0.571. The smallest absolute Gasteiger partial charge is 0.122 e. The van der Waals surface area contributed by atoms with Crippen molar-refractivity contribution in [2.24, 2.45) is 0 Å². The van der Waals surface area contributed by atoms with Crippen LogP contribution in [0.2, 0.25) is 0 Å². The first-order valence-corrected chi connectivity index (χ1v) is 7.23. The van der Waals surface area contributed by atoms with Crippen molar-refractivity contribution in [3.63, 3.8) is 0 Å². The van der Waals surface area contributed by atoms with Crippen molar-refractivity contribution in [3.05, 3.63) is 22.7 Å². The third kappa shape index (κ3) is 3.39. The number of rotatable bonds is 4. The molecule has 0 radical (unpaired) electrons. The Hall–Kier alpha value is -0.740. The number of ether oxygens (including phenoxy) is 1. The molecule has 4 heteroatoms. The Morgan fingerprint density at radius 2 is 2.17 bits per heavy atom. The highest BCUT2D eigenvalue weighted by Crippen LogP contribution is 2.26. The van der Waals surface area contributed by atoms with Gasteiger partial charge in [-0.25, -0.2) is 0 Å². The maximum atomic E-state index is 5.28. The van der Waals surface area contributed by atoms with Gasteiger partial charge >= 0.3 is 0 Å². The van der Waals surface area contributed by atoms with E-state index in [1.807, 2.05) is 12.1 Å². The van der Waals surface area contributed by atoms with Crippen LogP contribution in [-0.4, -0.2) is 37.2 Å². The molecule has 2 rings (SSSR count). The molecule has 1 N–H and O–H groups in total. The van der Waals surface area contributed by atoms with E-state index in [9.17, 15) is 0 Å². The topological polar surface area (TPSA) is 24.5 Å². The molecule has 0 amide bonds. The molecule has 1 aliphatic rings. The number of hydrogen-bond acceptors (Lipinski definition) is 3. The van der Waals surface area contributed by atoms with Crippen molar-refractivity contribution < 1.29 is 4.74 Å². The van der Waals surface area contributed by atoms with Gasteiger partial charge in [-0.1, -0.05) is 15.9 Å². The summed E-state index contributed by atoms with van der Waals surface area (Å²) in [6, 6.07) is 7.28. The molecule has 3 nitrogen and oxygen atoms in total. The second kappa shape index (κ2) is 5.93. The van der Waals surface area contributed by atoms with E-state index in [0.29, 0.717) is 12.1 Å². The second-order valence-corrected chi connectivity index (χ2v) is 6.01. The Kier molecular flexibility index (Phi) is 4.51. The van der Waals surface area contributed by atoms with Gasteiger partial charge in [-0.3, -0.25) is 4.90 Å². The van der Waals surface area contributed by atoms with Crippen LogP contribution < -0.4 is 10.1 Å². The lowest BCUT2D eigenvalue weighted by Gasteiger charge is -2.21. The van der Waals surface area contributed by atoms with Crippen LogP contribution in [0.25, 0.3) is 0 Å². The number of anilines is 1. The zero-order valence-corrected chi connectivity index (χ0v) is 12.8. The molecular formula is C14H21BrN2O. The first-order chi connectivity index (χ1) is 8.58. The number of nitrogens with one attached hydrogen (secondary N) is 1. The Morgan fingerprint density at radius 3 is 2.78 bits per heavy atom. The van der Waals surface area contributed by atoms with Gasteiger partial charge in [0.2, 0.25) is 0 Å². The minimum absolute atomic E-state index is 0.534.